The Bertz CT molecular complexity index is 502. The topological polar surface area (TPSA) is 32.3 Å². The van der Waals surface area contributed by atoms with Gasteiger partial charge >= 0.3 is 0 Å². The Kier molecular flexibility index (Phi) is 5.12. The Morgan fingerprint density at radius 1 is 1.24 bits per heavy atom. The summed E-state index contributed by atoms with van der Waals surface area (Å²) >= 11 is 5.81. The summed E-state index contributed by atoms with van der Waals surface area (Å²) in [6, 6.07) is 4.01. The molecule has 0 radical (unpaired) electrons. The third-order valence-corrected chi connectivity index (χ3v) is 4.77. The van der Waals surface area contributed by atoms with Crippen LogP contribution in [0, 0.1) is 11.2 Å². The van der Waals surface area contributed by atoms with Gasteiger partial charge in [-0.25, -0.2) is 4.39 Å². The summed E-state index contributed by atoms with van der Waals surface area (Å²) in [4.78, 5) is 14.2. The average molecular weight is 333 g/mol. The average Bonchev–Trinajstić information content (AvgIpc) is 2.86. The first-order valence-electron chi connectivity index (χ1n) is 7.04. The van der Waals surface area contributed by atoms with Gasteiger partial charge in [0.2, 0.25) is 0 Å². The molecular weight excluding hydrogens is 314 g/mol. The van der Waals surface area contributed by atoms with E-state index in [9.17, 15) is 9.18 Å². The molecule has 0 atom stereocenters. The number of halogens is 3. The fourth-order valence-electron chi connectivity index (χ4n) is 3.27. The van der Waals surface area contributed by atoms with Crippen molar-refractivity contribution >= 4 is 29.9 Å². The van der Waals surface area contributed by atoms with E-state index in [-0.39, 0.29) is 23.3 Å². The molecular formula is C15H19Cl2FN2O. The van der Waals surface area contributed by atoms with Crippen LogP contribution in [0.1, 0.15) is 29.6 Å². The maximum absolute atomic E-state index is 13.3. The zero-order chi connectivity index (χ0) is 14.2. The number of hydrogen-bond acceptors (Lipinski definition) is 2. The van der Waals surface area contributed by atoms with Gasteiger partial charge in [0.25, 0.3) is 5.91 Å². The Morgan fingerprint density at radius 3 is 2.52 bits per heavy atom. The summed E-state index contributed by atoms with van der Waals surface area (Å²) in [5, 5.41) is 3.67. The van der Waals surface area contributed by atoms with Gasteiger partial charge in [-0.05, 0) is 49.4 Å². The first-order valence-corrected chi connectivity index (χ1v) is 7.42. The second kappa shape index (κ2) is 6.51. The Balaban J connectivity index is 0.00000161. The second-order valence-electron chi connectivity index (χ2n) is 5.88. The van der Waals surface area contributed by atoms with Crippen LogP contribution in [0.4, 0.5) is 4.39 Å². The summed E-state index contributed by atoms with van der Waals surface area (Å²) < 4.78 is 13.3. The highest BCUT2D eigenvalue weighted by Crippen LogP contribution is 2.37. The van der Waals surface area contributed by atoms with Gasteiger partial charge in [-0.1, -0.05) is 11.6 Å². The van der Waals surface area contributed by atoms with Crippen LogP contribution in [-0.4, -0.2) is 37.0 Å². The maximum atomic E-state index is 13.3. The molecule has 0 aliphatic carbocycles. The predicted octanol–water partition coefficient (Wildman–Crippen LogP) is 3.12. The zero-order valence-corrected chi connectivity index (χ0v) is 13.3. The largest absolute Gasteiger partial charge is 0.339 e. The molecule has 2 fully saturated rings. The minimum absolute atomic E-state index is 0. The van der Waals surface area contributed by atoms with Gasteiger partial charge in [-0.3, -0.25) is 4.79 Å². The molecule has 1 N–H and O–H groups in total. The molecule has 116 valence electrons. The molecule has 2 heterocycles. The van der Waals surface area contributed by atoms with Gasteiger partial charge in [-0.2, -0.15) is 0 Å². The Morgan fingerprint density at radius 2 is 1.95 bits per heavy atom. The first kappa shape index (κ1) is 16.5. The van der Waals surface area contributed by atoms with E-state index in [4.69, 9.17) is 11.6 Å². The lowest BCUT2D eigenvalue weighted by Gasteiger charge is -2.38. The maximum Gasteiger partial charge on any atom is 0.254 e. The third-order valence-electron chi connectivity index (χ3n) is 4.55. The van der Waals surface area contributed by atoms with E-state index >= 15 is 0 Å². The van der Waals surface area contributed by atoms with Crippen molar-refractivity contribution in [2.75, 3.05) is 26.2 Å². The van der Waals surface area contributed by atoms with Crippen molar-refractivity contribution in [1.82, 2.24) is 10.2 Å². The van der Waals surface area contributed by atoms with Gasteiger partial charge in [-0.15, -0.1) is 12.4 Å². The molecule has 0 saturated carbocycles. The Labute approximate surface area is 135 Å². The normalized spacial score (nSPS) is 20.4. The van der Waals surface area contributed by atoms with E-state index in [1.54, 1.807) is 0 Å². The lowest BCUT2D eigenvalue weighted by Crippen LogP contribution is -2.44. The molecule has 3 nitrogen and oxygen atoms in total. The number of nitrogens with zero attached hydrogens (tertiary/aromatic N) is 1. The van der Waals surface area contributed by atoms with E-state index in [1.165, 1.54) is 24.6 Å². The van der Waals surface area contributed by atoms with Crippen LogP contribution in [0.2, 0.25) is 5.02 Å². The smallest absolute Gasteiger partial charge is 0.254 e. The van der Waals surface area contributed by atoms with Crippen LogP contribution >= 0.6 is 24.0 Å². The van der Waals surface area contributed by atoms with Gasteiger partial charge in [0.15, 0.2) is 0 Å². The van der Waals surface area contributed by atoms with E-state index in [2.05, 4.69) is 5.32 Å². The third kappa shape index (κ3) is 3.50. The minimum atomic E-state index is -0.464. The van der Waals surface area contributed by atoms with Gasteiger partial charge in [0, 0.05) is 30.2 Å². The highest BCUT2D eigenvalue weighted by Gasteiger charge is 2.38. The van der Waals surface area contributed by atoms with E-state index in [0.717, 1.165) is 39.0 Å². The van der Waals surface area contributed by atoms with Crippen LogP contribution in [0.25, 0.3) is 0 Å². The van der Waals surface area contributed by atoms with E-state index < -0.39 is 5.82 Å². The molecule has 1 spiro atoms. The van der Waals surface area contributed by atoms with Crippen LogP contribution < -0.4 is 5.32 Å². The fraction of sp³-hybridized carbons (Fsp3) is 0.533. The number of carbonyl (C=O) groups is 1. The molecule has 0 unspecified atom stereocenters. The Hall–Kier alpha value is -0.840. The standard InChI is InChI=1S/C15H18ClFN2O.ClH/c16-12-7-11(8-13(17)9-12)14(20)19-5-2-15(3-6-19)1-4-18-10-15;/h7-9,18H,1-6,10H2;1H. The van der Waals surface area contributed by atoms with Crippen molar-refractivity contribution < 1.29 is 9.18 Å². The molecule has 1 aromatic rings. The number of carbonyl (C=O) groups excluding carboxylic acids is 1. The number of nitrogens with one attached hydrogen (secondary N) is 1. The number of benzene rings is 1. The monoisotopic (exact) mass is 332 g/mol. The van der Waals surface area contributed by atoms with Crippen molar-refractivity contribution in [3.8, 4) is 0 Å². The summed E-state index contributed by atoms with van der Waals surface area (Å²) in [6.07, 6.45) is 3.24. The van der Waals surface area contributed by atoms with Crippen molar-refractivity contribution in [3.63, 3.8) is 0 Å². The number of hydrogen-bond donors (Lipinski definition) is 1. The van der Waals surface area contributed by atoms with Crippen molar-refractivity contribution in [1.29, 1.82) is 0 Å². The minimum Gasteiger partial charge on any atom is -0.339 e. The van der Waals surface area contributed by atoms with Gasteiger partial charge in [0.05, 0.1) is 0 Å². The number of rotatable bonds is 1. The number of amides is 1. The molecule has 0 aromatic heterocycles. The van der Waals surface area contributed by atoms with Crippen LogP contribution in [0.15, 0.2) is 18.2 Å². The van der Waals surface area contributed by atoms with E-state index in [0.29, 0.717) is 11.0 Å². The number of likely N-dealkylation sites (tertiary alicyclic amines) is 1. The highest BCUT2D eigenvalue weighted by atomic mass is 35.5. The van der Waals surface area contributed by atoms with Crippen molar-refractivity contribution in [3.05, 3.63) is 34.6 Å². The summed E-state index contributed by atoms with van der Waals surface area (Å²) in [5.41, 5.74) is 0.714. The lowest BCUT2D eigenvalue weighted by atomic mass is 9.78. The zero-order valence-electron chi connectivity index (χ0n) is 11.7. The SMILES string of the molecule is Cl.O=C(c1cc(F)cc(Cl)c1)N1CCC2(CCNC2)CC1. The highest BCUT2D eigenvalue weighted by molar-refractivity contribution is 6.31. The van der Waals surface area contributed by atoms with Crippen molar-refractivity contribution in [2.45, 2.75) is 19.3 Å². The predicted molar refractivity (Wildman–Crippen MR) is 83.7 cm³/mol. The van der Waals surface area contributed by atoms with Gasteiger partial charge < -0.3 is 10.2 Å². The molecule has 21 heavy (non-hydrogen) atoms. The van der Waals surface area contributed by atoms with Crippen molar-refractivity contribution in [2.24, 2.45) is 5.41 Å². The molecule has 1 aromatic carbocycles. The summed E-state index contributed by atoms with van der Waals surface area (Å²) in [6.45, 7) is 3.62. The molecule has 1 amide bonds. The van der Waals surface area contributed by atoms with E-state index in [1.807, 2.05) is 4.90 Å². The molecule has 0 bridgehead atoms. The quantitative estimate of drug-likeness (QED) is 0.856. The second-order valence-corrected chi connectivity index (χ2v) is 6.31. The molecule has 6 heteroatoms. The molecule has 3 rings (SSSR count). The summed E-state index contributed by atoms with van der Waals surface area (Å²) in [5.74, 6) is -0.582. The molecule has 2 aliphatic heterocycles. The summed E-state index contributed by atoms with van der Waals surface area (Å²) in [7, 11) is 0. The fourth-order valence-corrected chi connectivity index (χ4v) is 3.49. The van der Waals surface area contributed by atoms with Crippen LogP contribution in [0.3, 0.4) is 0 Å². The van der Waals surface area contributed by atoms with Crippen LogP contribution in [-0.2, 0) is 0 Å². The molecule has 2 aliphatic rings. The van der Waals surface area contributed by atoms with Gasteiger partial charge in [0.1, 0.15) is 5.82 Å². The lowest BCUT2D eigenvalue weighted by molar-refractivity contribution is 0.0607. The number of piperidine rings is 1. The molecule has 2 saturated heterocycles. The first-order chi connectivity index (χ1) is 9.58. The van der Waals surface area contributed by atoms with Crippen LogP contribution in [0.5, 0.6) is 0 Å².